The average molecular weight is 299 g/mol. The highest BCUT2D eigenvalue weighted by Crippen LogP contribution is 2.20. The van der Waals surface area contributed by atoms with Crippen molar-refractivity contribution >= 4 is 28.4 Å². The number of carbonyl (C=O) groups is 2. The lowest BCUT2D eigenvalue weighted by Gasteiger charge is -2.13. The fourth-order valence-corrected chi connectivity index (χ4v) is 2.37. The summed E-state index contributed by atoms with van der Waals surface area (Å²) in [6, 6.07) is 9.39. The van der Waals surface area contributed by atoms with Crippen molar-refractivity contribution in [2.75, 3.05) is 11.9 Å². The Labute approximate surface area is 130 Å². The number of anilines is 1. The van der Waals surface area contributed by atoms with Crippen molar-refractivity contribution in [3.8, 4) is 0 Å². The van der Waals surface area contributed by atoms with E-state index in [0.717, 1.165) is 23.7 Å². The molecule has 2 rings (SSSR count). The number of carbonyl (C=O) groups excluding carboxylic acids is 2. The normalized spacial score (nSPS) is 10.7. The smallest absolute Gasteiger partial charge is 0.243 e. The number of hydrogen-bond acceptors (Lipinski definition) is 3. The molecular formula is C17H21N3O2. The van der Waals surface area contributed by atoms with E-state index in [1.165, 1.54) is 0 Å². The Hall–Kier alpha value is -2.43. The van der Waals surface area contributed by atoms with Gasteiger partial charge in [-0.1, -0.05) is 32.0 Å². The summed E-state index contributed by atoms with van der Waals surface area (Å²) in [4.78, 5) is 28.2. The molecule has 5 nitrogen and oxygen atoms in total. The van der Waals surface area contributed by atoms with Crippen LogP contribution in [0.3, 0.4) is 0 Å². The third-order valence-corrected chi connectivity index (χ3v) is 3.69. The van der Waals surface area contributed by atoms with Gasteiger partial charge < -0.3 is 10.6 Å². The molecule has 0 fully saturated rings. The largest absolute Gasteiger partial charge is 0.347 e. The minimum Gasteiger partial charge on any atom is -0.347 e. The third kappa shape index (κ3) is 3.81. The quantitative estimate of drug-likeness (QED) is 0.861. The van der Waals surface area contributed by atoms with Crippen LogP contribution in [0.5, 0.6) is 0 Å². The second-order valence-corrected chi connectivity index (χ2v) is 5.16. The molecular weight excluding hydrogens is 278 g/mol. The van der Waals surface area contributed by atoms with Crippen LogP contribution in [-0.4, -0.2) is 23.3 Å². The molecule has 0 radical (unpaired) electrons. The Balaban J connectivity index is 1.98. The predicted molar refractivity (Wildman–Crippen MR) is 87.5 cm³/mol. The van der Waals surface area contributed by atoms with Crippen molar-refractivity contribution in [3.05, 3.63) is 36.5 Å². The van der Waals surface area contributed by atoms with Crippen LogP contribution in [-0.2, 0) is 9.59 Å². The lowest BCUT2D eigenvalue weighted by atomic mass is 10.0. The number of amides is 2. The highest BCUT2D eigenvalue weighted by Gasteiger charge is 2.15. The molecule has 0 spiro atoms. The van der Waals surface area contributed by atoms with E-state index in [9.17, 15) is 9.59 Å². The Kier molecular flexibility index (Phi) is 5.47. The Morgan fingerprint density at radius 1 is 1.14 bits per heavy atom. The number of nitrogens with zero attached hydrogens (tertiary/aromatic N) is 1. The molecule has 1 heterocycles. The third-order valence-electron chi connectivity index (χ3n) is 3.69. The van der Waals surface area contributed by atoms with Gasteiger partial charge in [0.25, 0.3) is 0 Å². The van der Waals surface area contributed by atoms with Gasteiger partial charge in [-0.15, -0.1) is 0 Å². The minimum atomic E-state index is -0.252. The molecule has 0 aliphatic rings. The number of para-hydroxylation sites is 1. The zero-order valence-corrected chi connectivity index (χ0v) is 12.9. The first-order valence-corrected chi connectivity index (χ1v) is 7.57. The Morgan fingerprint density at radius 2 is 1.86 bits per heavy atom. The fourth-order valence-electron chi connectivity index (χ4n) is 2.37. The first-order chi connectivity index (χ1) is 10.7. The maximum absolute atomic E-state index is 12.0. The van der Waals surface area contributed by atoms with Gasteiger partial charge in [0.2, 0.25) is 11.8 Å². The number of fused-ring (bicyclic) bond motifs is 1. The van der Waals surface area contributed by atoms with Crippen molar-refractivity contribution in [3.63, 3.8) is 0 Å². The van der Waals surface area contributed by atoms with E-state index in [2.05, 4.69) is 15.6 Å². The van der Waals surface area contributed by atoms with Crippen LogP contribution < -0.4 is 10.6 Å². The van der Waals surface area contributed by atoms with Gasteiger partial charge in [-0.25, -0.2) is 0 Å². The summed E-state index contributed by atoms with van der Waals surface area (Å²) in [6.07, 6.45) is 3.24. The van der Waals surface area contributed by atoms with Crippen molar-refractivity contribution in [1.82, 2.24) is 10.3 Å². The first kappa shape index (κ1) is 15.9. The van der Waals surface area contributed by atoms with Gasteiger partial charge in [-0.2, -0.15) is 0 Å². The topological polar surface area (TPSA) is 71.1 Å². The summed E-state index contributed by atoms with van der Waals surface area (Å²) >= 11 is 0. The maximum atomic E-state index is 12.0. The van der Waals surface area contributed by atoms with Gasteiger partial charge in [0.05, 0.1) is 17.7 Å². The van der Waals surface area contributed by atoms with E-state index in [1.54, 1.807) is 12.3 Å². The van der Waals surface area contributed by atoms with E-state index in [-0.39, 0.29) is 24.3 Å². The Bertz CT molecular complexity index is 661. The standard InChI is InChI=1S/C17H21N3O2/c1-3-12(4-2)17(22)19-11-15(21)20-14-9-5-7-13-8-6-10-18-16(13)14/h5-10,12H,3-4,11H2,1-2H3,(H,19,22)(H,20,21). The molecule has 1 aromatic carbocycles. The molecule has 2 N–H and O–H groups in total. The summed E-state index contributed by atoms with van der Waals surface area (Å²) in [5, 5.41) is 6.44. The second kappa shape index (κ2) is 7.54. The van der Waals surface area contributed by atoms with Crippen LogP contribution in [0.2, 0.25) is 0 Å². The van der Waals surface area contributed by atoms with Gasteiger partial charge in [0, 0.05) is 17.5 Å². The van der Waals surface area contributed by atoms with Crippen LogP contribution in [0.4, 0.5) is 5.69 Å². The van der Waals surface area contributed by atoms with E-state index in [1.807, 2.05) is 38.1 Å². The summed E-state index contributed by atoms with van der Waals surface area (Å²) in [5.74, 6) is -0.360. The molecule has 22 heavy (non-hydrogen) atoms. The first-order valence-electron chi connectivity index (χ1n) is 7.57. The summed E-state index contributed by atoms with van der Waals surface area (Å²) in [5.41, 5.74) is 1.39. The lowest BCUT2D eigenvalue weighted by molar-refractivity contribution is -0.127. The summed E-state index contributed by atoms with van der Waals surface area (Å²) in [7, 11) is 0. The molecule has 5 heteroatoms. The molecule has 0 saturated carbocycles. The molecule has 0 unspecified atom stereocenters. The predicted octanol–water partition coefficient (Wildman–Crippen LogP) is 2.73. The highest BCUT2D eigenvalue weighted by molar-refractivity contribution is 6.01. The number of rotatable bonds is 6. The van der Waals surface area contributed by atoms with Gasteiger partial charge in [0.1, 0.15) is 0 Å². The SMILES string of the molecule is CCC(CC)C(=O)NCC(=O)Nc1cccc2cccnc12. The van der Waals surface area contributed by atoms with Gasteiger partial charge in [-0.3, -0.25) is 14.6 Å². The zero-order valence-electron chi connectivity index (χ0n) is 12.9. The van der Waals surface area contributed by atoms with Gasteiger partial charge in [0.15, 0.2) is 0 Å². The maximum Gasteiger partial charge on any atom is 0.243 e. The van der Waals surface area contributed by atoms with Crippen LogP contribution in [0.25, 0.3) is 10.9 Å². The Morgan fingerprint density at radius 3 is 2.59 bits per heavy atom. The second-order valence-electron chi connectivity index (χ2n) is 5.16. The lowest BCUT2D eigenvalue weighted by Crippen LogP contribution is -2.36. The van der Waals surface area contributed by atoms with Gasteiger partial charge >= 0.3 is 0 Å². The molecule has 0 aliphatic carbocycles. The molecule has 0 aliphatic heterocycles. The number of benzene rings is 1. The summed E-state index contributed by atoms with van der Waals surface area (Å²) in [6.45, 7) is 3.91. The van der Waals surface area contributed by atoms with Crippen LogP contribution >= 0.6 is 0 Å². The molecule has 2 aromatic rings. The van der Waals surface area contributed by atoms with Crippen LogP contribution in [0.15, 0.2) is 36.5 Å². The fraction of sp³-hybridized carbons (Fsp3) is 0.353. The van der Waals surface area contributed by atoms with E-state index >= 15 is 0 Å². The number of pyridine rings is 1. The number of hydrogen-bond donors (Lipinski definition) is 2. The molecule has 0 bridgehead atoms. The molecule has 2 amide bonds. The molecule has 116 valence electrons. The monoisotopic (exact) mass is 299 g/mol. The average Bonchev–Trinajstić information content (AvgIpc) is 2.54. The van der Waals surface area contributed by atoms with Gasteiger partial charge in [-0.05, 0) is 25.0 Å². The van der Waals surface area contributed by atoms with E-state index < -0.39 is 0 Å². The van der Waals surface area contributed by atoms with Crippen molar-refractivity contribution in [2.24, 2.45) is 5.92 Å². The van der Waals surface area contributed by atoms with Crippen LogP contribution in [0, 0.1) is 5.92 Å². The van der Waals surface area contributed by atoms with Crippen molar-refractivity contribution in [2.45, 2.75) is 26.7 Å². The number of nitrogens with one attached hydrogen (secondary N) is 2. The van der Waals surface area contributed by atoms with E-state index in [0.29, 0.717) is 5.69 Å². The van der Waals surface area contributed by atoms with Crippen LogP contribution in [0.1, 0.15) is 26.7 Å². The molecule has 0 atom stereocenters. The van der Waals surface area contributed by atoms with E-state index in [4.69, 9.17) is 0 Å². The summed E-state index contributed by atoms with van der Waals surface area (Å²) < 4.78 is 0. The number of aromatic nitrogens is 1. The van der Waals surface area contributed by atoms with Crippen molar-refractivity contribution < 1.29 is 9.59 Å². The molecule has 1 aromatic heterocycles. The highest BCUT2D eigenvalue weighted by atomic mass is 16.2. The minimum absolute atomic E-state index is 0.0292. The van der Waals surface area contributed by atoms with Crippen molar-refractivity contribution in [1.29, 1.82) is 0 Å². The zero-order chi connectivity index (χ0) is 15.9. The molecule has 0 saturated heterocycles.